The van der Waals surface area contributed by atoms with E-state index >= 15 is 0 Å². The lowest BCUT2D eigenvalue weighted by Crippen LogP contribution is -2.52. The van der Waals surface area contributed by atoms with Gasteiger partial charge in [-0.25, -0.2) is 4.39 Å². The molecule has 0 radical (unpaired) electrons. The Hall–Kier alpha value is -3.38. The molecule has 0 saturated heterocycles. The molecule has 0 saturated carbocycles. The van der Waals surface area contributed by atoms with Gasteiger partial charge in [-0.3, -0.25) is 9.59 Å². The lowest BCUT2D eigenvalue weighted by molar-refractivity contribution is -0.142. The lowest BCUT2D eigenvalue weighted by Gasteiger charge is -2.31. The van der Waals surface area contributed by atoms with Crippen molar-refractivity contribution in [1.82, 2.24) is 10.2 Å². The van der Waals surface area contributed by atoms with Crippen LogP contribution < -0.4 is 10.1 Å². The van der Waals surface area contributed by atoms with Crippen LogP contribution in [0.5, 0.6) is 5.75 Å². The van der Waals surface area contributed by atoms with E-state index in [0.717, 1.165) is 5.56 Å². The SMILES string of the molecule is CC(C)CNC(=O)C(Cc1ccccc1)N(Cc1ccc(F)cc1)C(=O)COc1cccc(Cl)c1. The molecule has 0 aliphatic rings. The normalized spacial score (nSPS) is 11.7. The molecule has 3 rings (SSSR count). The van der Waals surface area contributed by atoms with Gasteiger partial charge in [-0.1, -0.05) is 74.0 Å². The first-order valence-corrected chi connectivity index (χ1v) is 11.9. The zero-order valence-electron chi connectivity index (χ0n) is 19.9. The fraction of sp³-hybridized carbons (Fsp3) is 0.286. The highest BCUT2D eigenvalue weighted by Gasteiger charge is 2.30. The first-order chi connectivity index (χ1) is 16.8. The molecule has 35 heavy (non-hydrogen) atoms. The number of benzene rings is 3. The van der Waals surface area contributed by atoms with Gasteiger partial charge in [0.05, 0.1) is 0 Å². The van der Waals surface area contributed by atoms with Gasteiger partial charge in [0.2, 0.25) is 5.91 Å². The monoisotopic (exact) mass is 496 g/mol. The fourth-order valence-corrected chi connectivity index (χ4v) is 3.73. The largest absolute Gasteiger partial charge is 0.484 e. The zero-order valence-corrected chi connectivity index (χ0v) is 20.7. The molecule has 0 heterocycles. The number of halogens is 2. The van der Waals surface area contributed by atoms with Gasteiger partial charge in [0, 0.05) is 24.5 Å². The molecular formula is C28H30ClFN2O3. The van der Waals surface area contributed by atoms with Crippen molar-refractivity contribution in [2.75, 3.05) is 13.2 Å². The molecule has 0 aliphatic carbocycles. The van der Waals surface area contributed by atoms with Crippen LogP contribution in [0.25, 0.3) is 0 Å². The van der Waals surface area contributed by atoms with E-state index in [1.165, 1.54) is 17.0 Å². The van der Waals surface area contributed by atoms with E-state index in [1.807, 2.05) is 44.2 Å². The van der Waals surface area contributed by atoms with Crippen molar-refractivity contribution < 1.29 is 18.7 Å². The predicted molar refractivity (Wildman–Crippen MR) is 136 cm³/mol. The van der Waals surface area contributed by atoms with Crippen LogP contribution in [-0.4, -0.2) is 35.9 Å². The molecule has 1 unspecified atom stereocenters. The molecule has 7 heteroatoms. The van der Waals surface area contributed by atoms with Gasteiger partial charge >= 0.3 is 0 Å². The number of rotatable bonds is 11. The highest BCUT2D eigenvalue weighted by atomic mass is 35.5. The Kier molecular flexibility index (Phi) is 9.67. The first kappa shape index (κ1) is 26.2. The van der Waals surface area contributed by atoms with E-state index < -0.39 is 6.04 Å². The predicted octanol–water partition coefficient (Wildman–Crippen LogP) is 5.27. The first-order valence-electron chi connectivity index (χ1n) is 11.6. The fourth-order valence-electron chi connectivity index (χ4n) is 3.55. The van der Waals surface area contributed by atoms with Gasteiger partial charge in [0.15, 0.2) is 6.61 Å². The number of amides is 2. The summed E-state index contributed by atoms with van der Waals surface area (Å²) in [6, 6.07) is 21.4. The van der Waals surface area contributed by atoms with Crippen LogP contribution in [0.3, 0.4) is 0 Å². The molecule has 0 spiro atoms. The molecule has 0 fully saturated rings. The maximum atomic E-state index is 13.5. The number of carbonyl (C=O) groups excluding carboxylic acids is 2. The Bertz CT molecular complexity index is 1110. The second kappa shape index (κ2) is 12.9. The van der Waals surface area contributed by atoms with Crippen LogP contribution in [-0.2, 0) is 22.6 Å². The second-order valence-corrected chi connectivity index (χ2v) is 9.18. The molecule has 1 atom stereocenters. The Balaban J connectivity index is 1.89. The van der Waals surface area contributed by atoms with Gasteiger partial charge in [-0.15, -0.1) is 0 Å². The molecule has 5 nitrogen and oxygen atoms in total. The molecule has 184 valence electrons. The molecule has 2 amide bonds. The minimum atomic E-state index is -0.781. The van der Waals surface area contributed by atoms with Crippen molar-refractivity contribution in [2.24, 2.45) is 5.92 Å². The maximum Gasteiger partial charge on any atom is 0.261 e. The van der Waals surface area contributed by atoms with Crippen LogP contribution in [0, 0.1) is 11.7 Å². The van der Waals surface area contributed by atoms with E-state index in [4.69, 9.17) is 16.3 Å². The maximum absolute atomic E-state index is 13.5. The minimum Gasteiger partial charge on any atom is -0.484 e. The molecule has 3 aromatic rings. The number of hydrogen-bond acceptors (Lipinski definition) is 3. The van der Waals surface area contributed by atoms with Gasteiger partial charge in [0.25, 0.3) is 5.91 Å². The van der Waals surface area contributed by atoms with Crippen molar-refractivity contribution in [3.63, 3.8) is 0 Å². The van der Waals surface area contributed by atoms with Crippen molar-refractivity contribution in [2.45, 2.75) is 32.9 Å². The summed E-state index contributed by atoms with van der Waals surface area (Å²) in [5.74, 6) is -0.276. The Morgan fingerprint density at radius 1 is 0.971 bits per heavy atom. The van der Waals surface area contributed by atoms with Crippen LogP contribution in [0.1, 0.15) is 25.0 Å². The van der Waals surface area contributed by atoms with Crippen LogP contribution in [0.2, 0.25) is 5.02 Å². The summed E-state index contributed by atoms with van der Waals surface area (Å²) in [4.78, 5) is 28.3. The highest BCUT2D eigenvalue weighted by Crippen LogP contribution is 2.19. The van der Waals surface area contributed by atoms with Crippen molar-refractivity contribution in [1.29, 1.82) is 0 Å². The quantitative estimate of drug-likeness (QED) is 0.393. The van der Waals surface area contributed by atoms with Crippen molar-refractivity contribution >= 4 is 23.4 Å². The number of ether oxygens (including phenoxy) is 1. The molecule has 0 bridgehead atoms. The van der Waals surface area contributed by atoms with Gasteiger partial charge in [0.1, 0.15) is 17.6 Å². The zero-order chi connectivity index (χ0) is 25.2. The van der Waals surface area contributed by atoms with Gasteiger partial charge in [-0.05, 0) is 47.4 Å². The summed E-state index contributed by atoms with van der Waals surface area (Å²) >= 11 is 6.03. The Labute approximate surface area is 210 Å². The highest BCUT2D eigenvalue weighted by molar-refractivity contribution is 6.30. The number of carbonyl (C=O) groups is 2. The number of hydrogen-bond donors (Lipinski definition) is 1. The Morgan fingerprint density at radius 3 is 2.34 bits per heavy atom. The topological polar surface area (TPSA) is 58.6 Å². The second-order valence-electron chi connectivity index (χ2n) is 8.74. The number of nitrogens with one attached hydrogen (secondary N) is 1. The van der Waals surface area contributed by atoms with Gasteiger partial charge in [-0.2, -0.15) is 0 Å². The average molecular weight is 497 g/mol. The molecule has 1 N–H and O–H groups in total. The van der Waals surface area contributed by atoms with Crippen LogP contribution >= 0.6 is 11.6 Å². The summed E-state index contributed by atoms with van der Waals surface area (Å²) in [6.07, 6.45) is 0.328. The molecule has 0 aromatic heterocycles. The molecular weight excluding hydrogens is 467 g/mol. The number of nitrogens with zero attached hydrogens (tertiary/aromatic N) is 1. The van der Waals surface area contributed by atoms with E-state index in [1.54, 1.807) is 36.4 Å². The summed E-state index contributed by atoms with van der Waals surface area (Å²) in [5, 5.41) is 3.46. The Morgan fingerprint density at radius 2 is 1.69 bits per heavy atom. The third-order valence-electron chi connectivity index (χ3n) is 5.38. The van der Waals surface area contributed by atoms with Gasteiger partial charge < -0.3 is 15.0 Å². The summed E-state index contributed by atoms with van der Waals surface area (Å²) in [6.45, 7) is 4.36. The molecule has 3 aromatic carbocycles. The standard InChI is InChI=1S/C28H30ClFN2O3/c1-20(2)17-31-28(34)26(15-21-7-4-3-5-8-21)32(18-22-11-13-24(30)14-12-22)27(33)19-35-25-10-6-9-23(29)16-25/h3-14,16,20,26H,15,17-19H2,1-2H3,(H,31,34). The average Bonchev–Trinajstić information content (AvgIpc) is 2.85. The minimum absolute atomic E-state index is 0.130. The van der Waals surface area contributed by atoms with E-state index in [0.29, 0.717) is 29.3 Å². The summed E-state index contributed by atoms with van der Waals surface area (Å²) < 4.78 is 19.2. The third kappa shape index (κ3) is 8.41. The third-order valence-corrected chi connectivity index (χ3v) is 5.62. The van der Waals surface area contributed by atoms with E-state index in [2.05, 4.69) is 5.32 Å². The summed E-state index contributed by atoms with van der Waals surface area (Å²) in [7, 11) is 0. The van der Waals surface area contributed by atoms with Crippen LogP contribution in [0.15, 0.2) is 78.9 Å². The van der Waals surface area contributed by atoms with Crippen molar-refractivity contribution in [3.8, 4) is 5.75 Å². The van der Waals surface area contributed by atoms with E-state index in [-0.39, 0.29) is 36.7 Å². The smallest absolute Gasteiger partial charge is 0.261 e. The summed E-state index contributed by atoms with van der Waals surface area (Å²) in [5.41, 5.74) is 1.63. The lowest BCUT2D eigenvalue weighted by atomic mass is 10.0. The van der Waals surface area contributed by atoms with Crippen LogP contribution in [0.4, 0.5) is 4.39 Å². The van der Waals surface area contributed by atoms with E-state index in [9.17, 15) is 14.0 Å². The molecule has 0 aliphatic heterocycles. The van der Waals surface area contributed by atoms with Crippen molar-refractivity contribution in [3.05, 3.63) is 101 Å².